The van der Waals surface area contributed by atoms with Crippen molar-refractivity contribution in [3.05, 3.63) is 35.9 Å². The second-order valence-corrected chi connectivity index (χ2v) is 10.7. The van der Waals surface area contributed by atoms with Gasteiger partial charge in [-0.3, -0.25) is 14.6 Å². The third kappa shape index (κ3) is 5.64. The van der Waals surface area contributed by atoms with Crippen LogP contribution in [0.4, 0.5) is 4.79 Å². The van der Waals surface area contributed by atoms with E-state index in [9.17, 15) is 9.59 Å². The molecule has 6 nitrogen and oxygen atoms in total. The Morgan fingerprint density at radius 3 is 2.41 bits per heavy atom. The molecule has 2 saturated heterocycles. The Morgan fingerprint density at radius 2 is 1.75 bits per heavy atom. The number of carbonyl (C=O) groups excluding carboxylic acids is 2. The van der Waals surface area contributed by atoms with Crippen LogP contribution in [0.25, 0.3) is 0 Å². The first-order valence-corrected chi connectivity index (χ1v) is 12.4. The molecule has 2 atom stereocenters. The zero-order valence-corrected chi connectivity index (χ0v) is 20.0. The largest absolute Gasteiger partial charge is 0.444 e. The van der Waals surface area contributed by atoms with Gasteiger partial charge in [0.05, 0.1) is 0 Å². The Hall–Kier alpha value is -2.08. The molecule has 4 rings (SSSR count). The molecule has 1 aliphatic carbocycles. The molecule has 3 aliphatic rings. The monoisotopic (exact) mass is 441 g/mol. The molecule has 0 radical (unpaired) electrons. The fourth-order valence-electron chi connectivity index (χ4n) is 5.26. The molecule has 2 heterocycles. The van der Waals surface area contributed by atoms with Gasteiger partial charge in [0.1, 0.15) is 11.6 Å². The van der Waals surface area contributed by atoms with Crippen molar-refractivity contribution in [2.24, 2.45) is 5.92 Å². The average molecular weight is 442 g/mol. The standard InChI is InChI=1S/C26H39N3O3/c1-26(2,3)32-25(31)29-19-21(17-20-9-5-4-6-10-20)18-23(29)24(30)28-14-8-13-27(15-16-28)22-11-7-12-22/h4-6,9-10,21-23H,7-8,11-19H2,1-3H3. The first-order valence-electron chi connectivity index (χ1n) is 12.4. The maximum atomic E-state index is 13.6. The highest BCUT2D eigenvalue weighted by atomic mass is 16.6. The topological polar surface area (TPSA) is 53.1 Å². The number of carbonyl (C=O) groups is 2. The lowest BCUT2D eigenvalue weighted by molar-refractivity contribution is -0.135. The van der Waals surface area contributed by atoms with Gasteiger partial charge in [-0.25, -0.2) is 4.79 Å². The molecular weight excluding hydrogens is 402 g/mol. The van der Waals surface area contributed by atoms with Gasteiger partial charge >= 0.3 is 6.09 Å². The zero-order valence-electron chi connectivity index (χ0n) is 20.0. The number of amides is 2. The van der Waals surface area contributed by atoms with E-state index >= 15 is 0 Å². The molecule has 6 heteroatoms. The van der Waals surface area contributed by atoms with Gasteiger partial charge in [0.15, 0.2) is 0 Å². The third-order valence-corrected chi connectivity index (χ3v) is 7.10. The normalized spacial score (nSPS) is 25.3. The number of ether oxygens (including phenoxy) is 1. The van der Waals surface area contributed by atoms with Gasteiger partial charge in [-0.2, -0.15) is 0 Å². The minimum atomic E-state index is -0.575. The van der Waals surface area contributed by atoms with E-state index in [2.05, 4.69) is 17.0 Å². The molecule has 1 aromatic rings. The van der Waals surface area contributed by atoms with Gasteiger partial charge in [0.2, 0.25) is 5.91 Å². The summed E-state index contributed by atoms with van der Waals surface area (Å²) in [5.74, 6) is 0.360. The predicted octanol–water partition coefficient (Wildman–Crippen LogP) is 3.94. The van der Waals surface area contributed by atoms with Gasteiger partial charge in [0.25, 0.3) is 0 Å². The number of likely N-dealkylation sites (tertiary alicyclic amines) is 1. The van der Waals surface area contributed by atoms with Crippen LogP contribution in [0.1, 0.15) is 58.4 Å². The lowest BCUT2D eigenvalue weighted by Crippen LogP contribution is -2.50. The Labute approximate surface area is 192 Å². The highest BCUT2D eigenvalue weighted by molar-refractivity contribution is 5.86. The SMILES string of the molecule is CC(C)(C)OC(=O)N1CC(Cc2ccccc2)CC1C(=O)N1CCCN(C2CCC2)CC1. The minimum absolute atomic E-state index is 0.0990. The summed E-state index contributed by atoms with van der Waals surface area (Å²) >= 11 is 0. The Balaban J connectivity index is 1.44. The fraction of sp³-hybridized carbons (Fsp3) is 0.692. The van der Waals surface area contributed by atoms with Crippen molar-refractivity contribution in [3.63, 3.8) is 0 Å². The Morgan fingerprint density at radius 1 is 1.00 bits per heavy atom. The molecule has 32 heavy (non-hydrogen) atoms. The van der Waals surface area contributed by atoms with E-state index < -0.39 is 11.6 Å². The van der Waals surface area contributed by atoms with E-state index in [1.165, 1.54) is 24.8 Å². The second-order valence-electron chi connectivity index (χ2n) is 10.7. The van der Waals surface area contributed by atoms with Crippen LogP contribution >= 0.6 is 0 Å². The van der Waals surface area contributed by atoms with Gasteiger partial charge in [-0.15, -0.1) is 0 Å². The predicted molar refractivity (Wildman–Crippen MR) is 125 cm³/mol. The van der Waals surface area contributed by atoms with Crippen molar-refractivity contribution in [1.29, 1.82) is 0 Å². The minimum Gasteiger partial charge on any atom is -0.444 e. The van der Waals surface area contributed by atoms with Gasteiger partial charge in [0, 0.05) is 38.8 Å². The summed E-state index contributed by atoms with van der Waals surface area (Å²) in [6, 6.07) is 10.6. The summed E-state index contributed by atoms with van der Waals surface area (Å²) < 4.78 is 5.69. The summed E-state index contributed by atoms with van der Waals surface area (Å²) in [5.41, 5.74) is 0.675. The van der Waals surface area contributed by atoms with E-state index in [0.29, 0.717) is 19.0 Å². The van der Waals surface area contributed by atoms with E-state index in [-0.39, 0.29) is 17.9 Å². The quantitative estimate of drug-likeness (QED) is 0.710. The van der Waals surface area contributed by atoms with Crippen LogP contribution in [-0.2, 0) is 16.0 Å². The maximum Gasteiger partial charge on any atom is 0.410 e. The van der Waals surface area contributed by atoms with Crippen molar-refractivity contribution in [2.45, 2.75) is 77.0 Å². The average Bonchev–Trinajstić information content (AvgIpc) is 2.97. The van der Waals surface area contributed by atoms with Crippen molar-refractivity contribution in [1.82, 2.24) is 14.7 Å². The molecule has 1 aromatic carbocycles. The number of hydrogen-bond donors (Lipinski definition) is 0. The van der Waals surface area contributed by atoms with Gasteiger partial charge in [-0.1, -0.05) is 36.8 Å². The summed E-state index contributed by atoms with van der Waals surface area (Å²) in [6.45, 7) is 9.77. The van der Waals surface area contributed by atoms with Crippen molar-refractivity contribution in [2.75, 3.05) is 32.7 Å². The van der Waals surface area contributed by atoms with E-state index in [0.717, 1.165) is 39.0 Å². The van der Waals surface area contributed by atoms with E-state index in [4.69, 9.17) is 4.74 Å². The smallest absolute Gasteiger partial charge is 0.410 e. The fourth-order valence-corrected chi connectivity index (χ4v) is 5.26. The molecule has 0 bridgehead atoms. The number of hydrogen-bond acceptors (Lipinski definition) is 4. The summed E-state index contributed by atoms with van der Waals surface area (Å²) in [4.78, 5) is 33.0. The second kappa shape index (κ2) is 9.82. The number of rotatable bonds is 4. The van der Waals surface area contributed by atoms with E-state index in [1.54, 1.807) is 4.90 Å². The van der Waals surface area contributed by atoms with Gasteiger partial charge < -0.3 is 9.64 Å². The first-order chi connectivity index (χ1) is 15.3. The first kappa shape index (κ1) is 23.1. The molecule has 1 saturated carbocycles. The molecule has 2 unspecified atom stereocenters. The highest BCUT2D eigenvalue weighted by Gasteiger charge is 2.43. The number of benzene rings is 1. The van der Waals surface area contributed by atoms with Crippen LogP contribution in [0.15, 0.2) is 30.3 Å². The molecule has 0 spiro atoms. The maximum absolute atomic E-state index is 13.6. The molecule has 0 N–H and O–H groups in total. The Bertz CT molecular complexity index is 787. The molecule has 0 aromatic heterocycles. The molecule has 2 amide bonds. The van der Waals surface area contributed by atoms with Crippen LogP contribution in [0.2, 0.25) is 0 Å². The summed E-state index contributed by atoms with van der Waals surface area (Å²) in [5, 5.41) is 0. The third-order valence-electron chi connectivity index (χ3n) is 7.10. The lowest BCUT2D eigenvalue weighted by atomic mass is 9.91. The number of nitrogens with zero attached hydrogens (tertiary/aromatic N) is 3. The lowest BCUT2D eigenvalue weighted by Gasteiger charge is -2.37. The molecule has 3 fully saturated rings. The van der Waals surface area contributed by atoms with Crippen LogP contribution in [0, 0.1) is 5.92 Å². The Kier molecular flexibility index (Phi) is 7.08. The summed E-state index contributed by atoms with van der Waals surface area (Å²) in [7, 11) is 0. The zero-order chi connectivity index (χ0) is 22.7. The molecule has 176 valence electrons. The molecule has 2 aliphatic heterocycles. The highest BCUT2D eigenvalue weighted by Crippen LogP contribution is 2.30. The summed E-state index contributed by atoms with van der Waals surface area (Å²) in [6.07, 6.45) is 6.15. The van der Waals surface area contributed by atoms with Crippen molar-refractivity contribution in [3.8, 4) is 0 Å². The van der Waals surface area contributed by atoms with Crippen molar-refractivity contribution < 1.29 is 14.3 Å². The molecular formula is C26H39N3O3. The van der Waals surface area contributed by atoms with Gasteiger partial charge in [-0.05, 0) is 64.4 Å². The van der Waals surface area contributed by atoms with E-state index in [1.807, 2.05) is 43.9 Å². The van der Waals surface area contributed by atoms with Crippen LogP contribution in [-0.4, -0.2) is 77.1 Å². The van der Waals surface area contributed by atoms with Crippen LogP contribution in [0.3, 0.4) is 0 Å². The van der Waals surface area contributed by atoms with Crippen molar-refractivity contribution >= 4 is 12.0 Å². The van der Waals surface area contributed by atoms with Crippen LogP contribution in [0.5, 0.6) is 0 Å². The van der Waals surface area contributed by atoms with Crippen LogP contribution < -0.4 is 0 Å².